The van der Waals surface area contributed by atoms with E-state index in [1.54, 1.807) is 4.90 Å². The summed E-state index contributed by atoms with van der Waals surface area (Å²) in [5, 5.41) is 0. The molecule has 0 aliphatic carbocycles. The van der Waals surface area contributed by atoms with E-state index in [1.807, 2.05) is 25.1 Å². The number of hydrogen-bond donors (Lipinski definition) is 0. The lowest BCUT2D eigenvalue weighted by molar-refractivity contribution is -0.149. The predicted octanol–water partition coefficient (Wildman–Crippen LogP) is 5.42. The SMILES string of the molecule is CCOC(=O)C1CCN(C(=O)c2coc(CN(Cc3ccccc3)Cc3ccc(C(C)C)cc3)n2)CC1. The molecule has 0 atom stereocenters. The van der Waals surface area contributed by atoms with Crippen LogP contribution in [0.2, 0.25) is 0 Å². The third-order valence-electron chi connectivity index (χ3n) is 6.83. The Morgan fingerprint density at radius 1 is 1.00 bits per heavy atom. The minimum absolute atomic E-state index is 0.141. The molecule has 196 valence electrons. The van der Waals surface area contributed by atoms with Gasteiger partial charge in [-0.05, 0) is 42.4 Å². The zero-order valence-corrected chi connectivity index (χ0v) is 22.1. The van der Waals surface area contributed by atoms with Crippen molar-refractivity contribution in [2.75, 3.05) is 19.7 Å². The van der Waals surface area contributed by atoms with E-state index in [1.165, 1.54) is 23.0 Å². The molecule has 7 heteroatoms. The number of ether oxygens (including phenoxy) is 1. The lowest BCUT2D eigenvalue weighted by atomic mass is 9.97. The van der Waals surface area contributed by atoms with Gasteiger partial charge in [-0.2, -0.15) is 0 Å². The Labute approximate surface area is 219 Å². The molecule has 1 saturated heterocycles. The molecule has 0 unspecified atom stereocenters. The first kappa shape index (κ1) is 26.6. The minimum Gasteiger partial charge on any atom is -0.466 e. The van der Waals surface area contributed by atoms with Crippen LogP contribution in [-0.2, 0) is 29.2 Å². The van der Waals surface area contributed by atoms with E-state index < -0.39 is 0 Å². The van der Waals surface area contributed by atoms with Crippen molar-refractivity contribution in [1.82, 2.24) is 14.8 Å². The fourth-order valence-corrected chi connectivity index (χ4v) is 4.69. The van der Waals surface area contributed by atoms with Crippen LogP contribution in [0.15, 0.2) is 65.3 Å². The summed E-state index contributed by atoms with van der Waals surface area (Å²) in [5.41, 5.74) is 4.05. The van der Waals surface area contributed by atoms with Crippen molar-refractivity contribution in [1.29, 1.82) is 0 Å². The van der Waals surface area contributed by atoms with Crippen molar-refractivity contribution in [2.24, 2.45) is 5.92 Å². The quantitative estimate of drug-likeness (QED) is 0.344. The van der Waals surface area contributed by atoms with E-state index in [0.29, 0.717) is 56.6 Å². The van der Waals surface area contributed by atoms with Gasteiger partial charge in [0.25, 0.3) is 5.91 Å². The van der Waals surface area contributed by atoms with Gasteiger partial charge >= 0.3 is 5.97 Å². The molecular weight excluding hydrogens is 466 g/mol. The minimum atomic E-state index is -0.171. The molecule has 2 aromatic carbocycles. The van der Waals surface area contributed by atoms with Crippen molar-refractivity contribution >= 4 is 11.9 Å². The number of hydrogen-bond acceptors (Lipinski definition) is 6. The third-order valence-corrected chi connectivity index (χ3v) is 6.83. The second-order valence-corrected chi connectivity index (χ2v) is 9.97. The fourth-order valence-electron chi connectivity index (χ4n) is 4.69. The van der Waals surface area contributed by atoms with E-state index in [2.05, 4.69) is 60.1 Å². The third kappa shape index (κ3) is 7.29. The van der Waals surface area contributed by atoms with Gasteiger partial charge in [-0.1, -0.05) is 68.4 Å². The van der Waals surface area contributed by atoms with E-state index in [4.69, 9.17) is 9.15 Å². The molecule has 4 rings (SSSR count). The van der Waals surface area contributed by atoms with Gasteiger partial charge in [0, 0.05) is 26.2 Å². The molecule has 0 saturated carbocycles. The maximum Gasteiger partial charge on any atom is 0.309 e. The highest BCUT2D eigenvalue weighted by Gasteiger charge is 2.30. The Kier molecular flexibility index (Phi) is 9.12. The number of oxazole rings is 1. The molecule has 1 fully saturated rings. The van der Waals surface area contributed by atoms with Gasteiger partial charge in [-0.15, -0.1) is 0 Å². The summed E-state index contributed by atoms with van der Waals surface area (Å²) >= 11 is 0. The molecule has 0 radical (unpaired) electrons. The van der Waals surface area contributed by atoms with Crippen LogP contribution in [0.4, 0.5) is 0 Å². The van der Waals surface area contributed by atoms with Gasteiger partial charge in [-0.3, -0.25) is 14.5 Å². The average molecular weight is 504 g/mol. The van der Waals surface area contributed by atoms with Crippen LogP contribution in [0.25, 0.3) is 0 Å². The van der Waals surface area contributed by atoms with Crippen LogP contribution < -0.4 is 0 Å². The summed E-state index contributed by atoms with van der Waals surface area (Å²) in [7, 11) is 0. The molecule has 3 aromatic rings. The molecule has 2 heterocycles. The normalized spacial score (nSPS) is 14.4. The zero-order valence-electron chi connectivity index (χ0n) is 22.1. The Bertz CT molecular complexity index is 1150. The summed E-state index contributed by atoms with van der Waals surface area (Å²) in [5.74, 6) is 0.540. The van der Waals surface area contributed by atoms with Crippen molar-refractivity contribution < 1.29 is 18.7 Å². The highest BCUT2D eigenvalue weighted by molar-refractivity contribution is 5.92. The Balaban J connectivity index is 1.41. The van der Waals surface area contributed by atoms with Gasteiger partial charge in [0.2, 0.25) is 5.89 Å². The first-order chi connectivity index (χ1) is 17.9. The zero-order chi connectivity index (χ0) is 26.2. The van der Waals surface area contributed by atoms with Gasteiger partial charge in [0.15, 0.2) is 5.69 Å². The Morgan fingerprint density at radius 3 is 2.27 bits per heavy atom. The second kappa shape index (κ2) is 12.7. The van der Waals surface area contributed by atoms with Gasteiger partial charge in [0.05, 0.1) is 19.1 Å². The molecule has 0 bridgehead atoms. The summed E-state index contributed by atoms with van der Waals surface area (Å²) in [6, 6.07) is 19.0. The van der Waals surface area contributed by atoms with E-state index in [9.17, 15) is 9.59 Å². The summed E-state index contributed by atoms with van der Waals surface area (Å²) in [6.07, 6.45) is 2.67. The second-order valence-electron chi connectivity index (χ2n) is 9.97. The highest BCUT2D eigenvalue weighted by Crippen LogP contribution is 2.22. The molecule has 7 nitrogen and oxygen atoms in total. The maximum absolute atomic E-state index is 13.0. The predicted molar refractivity (Wildman–Crippen MR) is 142 cm³/mol. The standard InChI is InChI=1S/C30H37N3O4/c1-4-36-30(35)26-14-16-33(17-15-26)29(34)27-21-37-28(31-27)20-32(18-23-8-6-5-7-9-23)19-24-10-12-25(13-11-24)22(2)3/h5-13,21-22,26H,4,14-20H2,1-3H3. The molecule has 1 aromatic heterocycles. The molecule has 1 aliphatic rings. The monoisotopic (exact) mass is 503 g/mol. The van der Waals surface area contributed by atoms with Crippen molar-refractivity contribution in [3.05, 3.63) is 89.1 Å². The van der Waals surface area contributed by atoms with Gasteiger partial charge in [-0.25, -0.2) is 4.98 Å². The van der Waals surface area contributed by atoms with Gasteiger partial charge in [0.1, 0.15) is 6.26 Å². The summed E-state index contributed by atoms with van der Waals surface area (Å²) in [4.78, 5) is 33.6. The van der Waals surface area contributed by atoms with Crippen LogP contribution in [0.5, 0.6) is 0 Å². The number of esters is 1. The van der Waals surface area contributed by atoms with Crippen molar-refractivity contribution in [3.8, 4) is 0 Å². The summed E-state index contributed by atoms with van der Waals surface area (Å²) in [6.45, 7) is 9.56. The molecule has 37 heavy (non-hydrogen) atoms. The van der Waals surface area contributed by atoms with Crippen molar-refractivity contribution in [3.63, 3.8) is 0 Å². The average Bonchev–Trinajstić information content (AvgIpc) is 3.38. The molecule has 0 N–H and O–H groups in total. The Morgan fingerprint density at radius 2 is 1.65 bits per heavy atom. The number of carbonyl (C=O) groups excluding carboxylic acids is 2. The van der Waals surface area contributed by atoms with Crippen LogP contribution in [0.3, 0.4) is 0 Å². The van der Waals surface area contributed by atoms with Crippen LogP contribution >= 0.6 is 0 Å². The van der Waals surface area contributed by atoms with E-state index in [0.717, 1.165) is 13.1 Å². The fraction of sp³-hybridized carbons (Fsp3) is 0.433. The molecule has 0 spiro atoms. The lowest BCUT2D eigenvalue weighted by Gasteiger charge is -2.30. The highest BCUT2D eigenvalue weighted by atomic mass is 16.5. The van der Waals surface area contributed by atoms with Gasteiger partial charge < -0.3 is 14.1 Å². The van der Waals surface area contributed by atoms with Crippen LogP contribution in [0, 0.1) is 5.92 Å². The number of carbonyl (C=O) groups is 2. The molecule has 1 amide bonds. The largest absolute Gasteiger partial charge is 0.466 e. The Hall–Kier alpha value is -3.45. The number of amides is 1. The van der Waals surface area contributed by atoms with E-state index >= 15 is 0 Å². The smallest absolute Gasteiger partial charge is 0.309 e. The van der Waals surface area contributed by atoms with E-state index in [-0.39, 0.29) is 17.8 Å². The number of benzene rings is 2. The summed E-state index contributed by atoms with van der Waals surface area (Å²) < 4.78 is 10.9. The first-order valence-electron chi connectivity index (χ1n) is 13.2. The lowest BCUT2D eigenvalue weighted by Crippen LogP contribution is -2.40. The first-order valence-corrected chi connectivity index (χ1v) is 13.2. The number of piperidine rings is 1. The topological polar surface area (TPSA) is 75.9 Å². The maximum atomic E-state index is 13.0. The molecule has 1 aliphatic heterocycles. The number of nitrogens with zero attached hydrogens (tertiary/aromatic N) is 3. The van der Waals surface area contributed by atoms with Crippen LogP contribution in [0.1, 0.15) is 72.6 Å². The number of likely N-dealkylation sites (tertiary alicyclic amines) is 1. The number of rotatable bonds is 10. The molecular formula is C30H37N3O4. The van der Waals surface area contributed by atoms with Crippen LogP contribution in [-0.4, -0.2) is 46.4 Å². The number of aromatic nitrogens is 1. The van der Waals surface area contributed by atoms with Crippen molar-refractivity contribution in [2.45, 2.75) is 59.2 Å².